The van der Waals surface area contributed by atoms with Gasteiger partial charge in [-0.1, -0.05) is 28.1 Å². The average molecular weight is 574 g/mol. The number of hydrogen-bond acceptors (Lipinski definition) is 7. The van der Waals surface area contributed by atoms with Crippen molar-refractivity contribution in [1.29, 1.82) is 0 Å². The minimum absolute atomic E-state index is 0.00715. The number of sulfone groups is 1. The van der Waals surface area contributed by atoms with E-state index in [0.717, 1.165) is 16.3 Å². The van der Waals surface area contributed by atoms with Crippen molar-refractivity contribution in [3.05, 3.63) is 89.0 Å². The second-order valence-electron chi connectivity index (χ2n) is 7.59. The fourth-order valence-corrected chi connectivity index (χ4v) is 4.60. The summed E-state index contributed by atoms with van der Waals surface area (Å²) < 4.78 is 48.9. The lowest BCUT2D eigenvalue weighted by Crippen LogP contribution is -2.11. The van der Waals surface area contributed by atoms with Crippen LogP contribution in [0.25, 0.3) is 16.9 Å². The average Bonchev–Trinajstić information content (AvgIpc) is 3.23. The number of hydrogen-bond donors (Lipinski definition) is 2. The van der Waals surface area contributed by atoms with Gasteiger partial charge < -0.3 is 0 Å². The minimum Gasteiger partial charge on any atom is -0.279 e. The zero-order valence-electron chi connectivity index (χ0n) is 18.3. The van der Waals surface area contributed by atoms with Gasteiger partial charge in [-0.15, -0.1) is 0 Å². The summed E-state index contributed by atoms with van der Waals surface area (Å²) >= 11 is 3.43. The van der Waals surface area contributed by atoms with Gasteiger partial charge in [0.2, 0.25) is 10.0 Å². The predicted molar refractivity (Wildman–Crippen MR) is 139 cm³/mol. The van der Waals surface area contributed by atoms with Gasteiger partial charge in [-0.05, 0) is 60.7 Å². The lowest BCUT2D eigenvalue weighted by Gasteiger charge is -2.03. The van der Waals surface area contributed by atoms with Crippen molar-refractivity contribution < 1.29 is 16.8 Å². The highest BCUT2D eigenvalue weighted by molar-refractivity contribution is 9.10. The standard InChI is InChI=1S/C23H20BrN5O4S2/c1-34(30,31)21-12-8-20(9-13-21)29-15-17(23(28-29)16-2-4-18(24)5-3-16)14-26-27-19-6-10-22(11-7-19)35(25,32)33/h2-15,27H,1H3,(H2,25,32,33)/b26-14+. The topological polar surface area (TPSA) is 137 Å². The van der Waals surface area contributed by atoms with E-state index in [4.69, 9.17) is 5.14 Å². The molecule has 0 fully saturated rings. The second kappa shape index (κ2) is 9.74. The van der Waals surface area contributed by atoms with Crippen LogP contribution in [0.5, 0.6) is 0 Å². The molecule has 0 radical (unpaired) electrons. The number of nitrogens with one attached hydrogen (secondary N) is 1. The summed E-state index contributed by atoms with van der Waals surface area (Å²) in [5.74, 6) is 0. The molecule has 9 nitrogen and oxygen atoms in total. The Morgan fingerprint density at radius 2 is 1.51 bits per heavy atom. The first-order chi connectivity index (χ1) is 16.5. The number of sulfonamides is 1. The largest absolute Gasteiger partial charge is 0.279 e. The summed E-state index contributed by atoms with van der Waals surface area (Å²) in [6.07, 6.45) is 4.53. The van der Waals surface area contributed by atoms with Gasteiger partial charge in [0.25, 0.3) is 0 Å². The van der Waals surface area contributed by atoms with Crippen LogP contribution in [-0.4, -0.2) is 39.1 Å². The van der Waals surface area contributed by atoms with Gasteiger partial charge in [0, 0.05) is 28.1 Å². The van der Waals surface area contributed by atoms with E-state index in [1.165, 1.54) is 24.3 Å². The summed E-state index contributed by atoms with van der Waals surface area (Å²) in [5, 5.41) is 14.1. The Hall–Kier alpha value is -3.32. The fourth-order valence-electron chi connectivity index (χ4n) is 3.19. The highest BCUT2D eigenvalue weighted by Gasteiger charge is 2.13. The maximum absolute atomic E-state index is 11.8. The number of anilines is 1. The number of benzene rings is 3. The molecule has 4 rings (SSSR count). The third-order valence-corrected chi connectivity index (χ3v) is 7.56. The predicted octanol–water partition coefficient (Wildman–Crippen LogP) is 3.80. The molecule has 4 aromatic rings. The first-order valence-electron chi connectivity index (χ1n) is 10.1. The van der Waals surface area contributed by atoms with Crippen LogP contribution in [0.4, 0.5) is 5.69 Å². The van der Waals surface area contributed by atoms with Crippen LogP contribution in [0.3, 0.4) is 0 Å². The van der Waals surface area contributed by atoms with E-state index < -0.39 is 19.9 Å². The van der Waals surface area contributed by atoms with Gasteiger partial charge in [-0.2, -0.15) is 10.2 Å². The lowest BCUT2D eigenvalue weighted by atomic mass is 10.1. The van der Waals surface area contributed by atoms with Crippen LogP contribution in [0.15, 0.2) is 98.4 Å². The van der Waals surface area contributed by atoms with Gasteiger partial charge >= 0.3 is 0 Å². The molecule has 0 amide bonds. The second-order valence-corrected chi connectivity index (χ2v) is 12.1. The zero-order valence-corrected chi connectivity index (χ0v) is 21.5. The van der Waals surface area contributed by atoms with Crippen molar-refractivity contribution in [2.75, 3.05) is 11.7 Å². The highest BCUT2D eigenvalue weighted by atomic mass is 79.9. The first kappa shape index (κ1) is 24.8. The number of rotatable bonds is 7. The molecule has 0 atom stereocenters. The van der Waals surface area contributed by atoms with Gasteiger partial charge in [-0.3, -0.25) is 5.43 Å². The summed E-state index contributed by atoms with van der Waals surface area (Å²) in [5.41, 5.74) is 6.34. The molecule has 0 spiro atoms. The minimum atomic E-state index is -3.77. The van der Waals surface area contributed by atoms with Crippen molar-refractivity contribution in [3.63, 3.8) is 0 Å². The molecule has 0 aliphatic carbocycles. The summed E-state index contributed by atoms with van der Waals surface area (Å²) in [6.45, 7) is 0. The molecule has 0 aliphatic heterocycles. The molecule has 1 heterocycles. The number of nitrogens with two attached hydrogens (primary N) is 1. The van der Waals surface area contributed by atoms with Gasteiger partial charge in [0.05, 0.1) is 27.4 Å². The summed E-state index contributed by atoms with van der Waals surface area (Å²) in [6, 6.07) is 20.0. The molecular formula is C23H20BrN5O4S2. The molecule has 0 bridgehead atoms. The fraction of sp³-hybridized carbons (Fsp3) is 0.0435. The van der Waals surface area contributed by atoms with E-state index in [1.807, 2.05) is 24.3 Å². The number of halogens is 1. The monoisotopic (exact) mass is 573 g/mol. The molecule has 3 aromatic carbocycles. The van der Waals surface area contributed by atoms with Crippen molar-refractivity contribution in [1.82, 2.24) is 9.78 Å². The third kappa shape index (κ3) is 6.03. The van der Waals surface area contributed by atoms with Crippen molar-refractivity contribution >= 4 is 47.7 Å². The van der Waals surface area contributed by atoms with Crippen LogP contribution in [0.1, 0.15) is 5.56 Å². The van der Waals surface area contributed by atoms with Crippen LogP contribution in [0, 0.1) is 0 Å². The van der Waals surface area contributed by atoms with Gasteiger partial charge in [0.15, 0.2) is 9.84 Å². The number of aromatic nitrogens is 2. The molecular weight excluding hydrogens is 554 g/mol. The summed E-state index contributed by atoms with van der Waals surface area (Å²) in [7, 11) is -7.08. The smallest absolute Gasteiger partial charge is 0.238 e. The first-order valence-corrected chi connectivity index (χ1v) is 14.3. The van der Waals surface area contributed by atoms with Gasteiger partial charge in [0.1, 0.15) is 5.69 Å². The molecule has 0 aliphatic rings. The normalized spacial score (nSPS) is 12.2. The molecule has 12 heteroatoms. The highest BCUT2D eigenvalue weighted by Crippen LogP contribution is 2.25. The Bertz CT molecular complexity index is 1600. The van der Waals surface area contributed by atoms with Gasteiger partial charge in [-0.25, -0.2) is 26.7 Å². The molecule has 0 unspecified atom stereocenters. The lowest BCUT2D eigenvalue weighted by molar-refractivity contribution is 0.597. The number of hydrazone groups is 1. The molecule has 1 aromatic heterocycles. The Morgan fingerprint density at radius 1 is 0.914 bits per heavy atom. The van der Waals surface area contributed by atoms with E-state index >= 15 is 0 Å². The quantitative estimate of drug-likeness (QED) is 0.255. The van der Waals surface area contributed by atoms with Crippen molar-refractivity contribution in [3.8, 4) is 16.9 Å². The van der Waals surface area contributed by atoms with E-state index in [-0.39, 0.29) is 9.79 Å². The van der Waals surface area contributed by atoms with Crippen LogP contribution >= 0.6 is 15.9 Å². The van der Waals surface area contributed by atoms with E-state index in [9.17, 15) is 16.8 Å². The van der Waals surface area contributed by atoms with E-state index in [2.05, 4.69) is 31.6 Å². The molecule has 35 heavy (non-hydrogen) atoms. The van der Waals surface area contributed by atoms with Crippen molar-refractivity contribution in [2.45, 2.75) is 9.79 Å². The molecule has 0 saturated heterocycles. The number of primary sulfonamides is 1. The van der Waals surface area contributed by atoms with Crippen molar-refractivity contribution in [2.24, 2.45) is 10.2 Å². The van der Waals surface area contributed by atoms with E-state index in [1.54, 1.807) is 41.4 Å². The van der Waals surface area contributed by atoms with Crippen LogP contribution in [0.2, 0.25) is 0 Å². The Morgan fingerprint density at radius 3 is 2.09 bits per heavy atom. The molecule has 3 N–H and O–H groups in total. The number of nitrogens with zero attached hydrogens (tertiary/aromatic N) is 3. The van der Waals surface area contributed by atoms with Crippen LogP contribution in [-0.2, 0) is 19.9 Å². The van der Waals surface area contributed by atoms with Crippen LogP contribution < -0.4 is 10.6 Å². The Labute approximate surface area is 211 Å². The molecule has 180 valence electrons. The summed E-state index contributed by atoms with van der Waals surface area (Å²) in [4.78, 5) is 0.230. The Kier molecular flexibility index (Phi) is 6.90. The maximum Gasteiger partial charge on any atom is 0.238 e. The maximum atomic E-state index is 11.8. The van der Waals surface area contributed by atoms with E-state index in [0.29, 0.717) is 22.6 Å². The SMILES string of the molecule is CS(=O)(=O)c1ccc(-n2cc(/C=N/Nc3ccc(S(N)(=O)=O)cc3)c(-c3ccc(Br)cc3)n2)cc1. The Balaban J connectivity index is 1.65. The molecule has 0 saturated carbocycles. The zero-order chi connectivity index (χ0) is 25.2. The third-order valence-electron chi connectivity index (χ3n) is 4.97.